The van der Waals surface area contributed by atoms with Gasteiger partial charge in [-0.05, 0) is 30.3 Å². The molecule has 0 N–H and O–H groups in total. The molecule has 0 aliphatic rings. The van der Waals surface area contributed by atoms with Gasteiger partial charge in [0.25, 0.3) is 12.3 Å². The van der Waals surface area contributed by atoms with Crippen LogP contribution in [0.1, 0.15) is 15.2 Å². The lowest BCUT2D eigenvalue weighted by molar-refractivity contribution is 0.0949. The highest BCUT2D eigenvalue weighted by Crippen LogP contribution is 2.22. The Bertz CT molecular complexity index is 676. The quantitative estimate of drug-likeness (QED) is 0.865. The lowest BCUT2D eigenvalue weighted by Crippen LogP contribution is -2.34. The van der Waals surface area contributed by atoms with Crippen LogP contribution in [-0.4, -0.2) is 18.9 Å². The van der Waals surface area contributed by atoms with Crippen molar-refractivity contribution in [2.45, 2.75) is 6.43 Å². The van der Waals surface area contributed by atoms with E-state index >= 15 is 0 Å². The first-order chi connectivity index (χ1) is 10.0. The molecule has 0 aliphatic heterocycles. The summed E-state index contributed by atoms with van der Waals surface area (Å²) in [5, 5.41) is 10.2. The third-order valence-electron chi connectivity index (χ3n) is 2.64. The molecule has 3 nitrogen and oxygen atoms in total. The number of carbonyl (C=O) groups is 1. The predicted molar refractivity (Wildman–Crippen MR) is 73.1 cm³/mol. The van der Waals surface area contributed by atoms with Crippen molar-refractivity contribution in [3.63, 3.8) is 0 Å². The van der Waals surface area contributed by atoms with Gasteiger partial charge in [-0.25, -0.2) is 13.2 Å². The van der Waals surface area contributed by atoms with Crippen LogP contribution in [0.25, 0.3) is 0 Å². The molecule has 2 rings (SSSR count). The minimum atomic E-state index is -2.73. The number of hydrogen-bond acceptors (Lipinski definition) is 3. The van der Waals surface area contributed by atoms with Crippen LogP contribution in [0.2, 0.25) is 0 Å². The lowest BCUT2D eigenvalue weighted by atomic mass is 10.2. The summed E-state index contributed by atoms with van der Waals surface area (Å²) in [6, 6.07) is 7.92. The Morgan fingerprint density at radius 2 is 2.00 bits per heavy atom. The van der Waals surface area contributed by atoms with E-state index in [1.54, 1.807) is 0 Å². The van der Waals surface area contributed by atoms with Gasteiger partial charge in [-0.15, -0.1) is 11.3 Å². The zero-order valence-electron chi connectivity index (χ0n) is 10.6. The van der Waals surface area contributed by atoms with E-state index < -0.39 is 24.7 Å². The summed E-state index contributed by atoms with van der Waals surface area (Å²) in [5.74, 6) is -1.17. The number of amides is 1. The van der Waals surface area contributed by atoms with Crippen molar-refractivity contribution in [1.29, 1.82) is 5.26 Å². The van der Waals surface area contributed by atoms with E-state index in [1.165, 1.54) is 23.6 Å². The average molecular weight is 310 g/mol. The highest BCUT2D eigenvalue weighted by Gasteiger charge is 2.23. The molecule has 0 saturated carbocycles. The Morgan fingerprint density at radius 1 is 1.33 bits per heavy atom. The molecule has 0 unspecified atom stereocenters. The molecule has 0 saturated heterocycles. The number of hydrogen-bond donors (Lipinski definition) is 0. The minimum absolute atomic E-state index is 0.175. The molecule has 2 aromatic rings. The lowest BCUT2D eigenvalue weighted by Gasteiger charge is -2.21. The van der Waals surface area contributed by atoms with E-state index in [2.05, 4.69) is 0 Å². The smallest absolute Gasteiger partial charge is 0.268 e. The summed E-state index contributed by atoms with van der Waals surface area (Å²) in [6.45, 7) is -0.801. The van der Waals surface area contributed by atoms with Gasteiger partial charge in [0.05, 0.1) is 17.0 Å². The largest absolute Gasteiger partial charge is 0.302 e. The number of alkyl halides is 2. The van der Waals surface area contributed by atoms with E-state index in [0.29, 0.717) is 5.56 Å². The van der Waals surface area contributed by atoms with Crippen molar-refractivity contribution in [1.82, 2.24) is 0 Å². The number of halogens is 3. The van der Waals surface area contributed by atoms with Gasteiger partial charge in [-0.3, -0.25) is 4.79 Å². The SMILES string of the molecule is N#Cc1csc(C(=O)N(CC(F)F)c2ccc(F)cc2)c1. The molecule has 1 aromatic heterocycles. The molecule has 0 aliphatic carbocycles. The summed E-state index contributed by atoms with van der Waals surface area (Å²) in [5.41, 5.74) is 0.466. The van der Waals surface area contributed by atoms with Crippen molar-refractivity contribution < 1.29 is 18.0 Å². The van der Waals surface area contributed by atoms with Crippen molar-refractivity contribution in [3.8, 4) is 6.07 Å². The number of nitrogens with zero attached hydrogens (tertiary/aromatic N) is 2. The highest BCUT2D eigenvalue weighted by atomic mass is 32.1. The van der Waals surface area contributed by atoms with Crippen molar-refractivity contribution in [2.75, 3.05) is 11.4 Å². The first-order valence-corrected chi connectivity index (χ1v) is 6.73. The fourth-order valence-corrected chi connectivity index (χ4v) is 2.49. The molecule has 7 heteroatoms. The molecule has 0 radical (unpaired) electrons. The number of anilines is 1. The van der Waals surface area contributed by atoms with Gasteiger partial charge in [-0.2, -0.15) is 5.26 Å². The van der Waals surface area contributed by atoms with Gasteiger partial charge in [0.1, 0.15) is 11.9 Å². The molecule has 1 aromatic carbocycles. The predicted octanol–water partition coefficient (Wildman–Crippen LogP) is 3.67. The fourth-order valence-electron chi connectivity index (χ4n) is 1.70. The van der Waals surface area contributed by atoms with Crippen LogP contribution in [0.5, 0.6) is 0 Å². The van der Waals surface area contributed by atoms with Gasteiger partial charge in [0.2, 0.25) is 0 Å². The van der Waals surface area contributed by atoms with Crippen LogP contribution in [0.15, 0.2) is 35.7 Å². The molecule has 108 valence electrons. The fraction of sp³-hybridized carbons (Fsp3) is 0.143. The van der Waals surface area contributed by atoms with Gasteiger partial charge in [-0.1, -0.05) is 0 Å². The Hall–Kier alpha value is -2.33. The van der Waals surface area contributed by atoms with Crippen molar-refractivity contribution in [2.24, 2.45) is 0 Å². The van der Waals surface area contributed by atoms with Crippen LogP contribution in [0.4, 0.5) is 18.9 Å². The van der Waals surface area contributed by atoms with Crippen LogP contribution < -0.4 is 4.90 Å². The number of carbonyl (C=O) groups excluding carboxylic acids is 1. The third-order valence-corrected chi connectivity index (χ3v) is 3.56. The molecule has 1 amide bonds. The average Bonchev–Trinajstić information content (AvgIpc) is 2.94. The van der Waals surface area contributed by atoms with E-state index in [0.717, 1.165) is 28.4 Å². The Kier molecular flexibility index (Phi) is 4.60. The second-order valence-electron chi connectivity index (χ2n) is 4.09. The Balaban J connectivity index is 2.33. The van der Waals surface area contributed by atoms with Crippen LogP contribution >= 0.6 is 11.3 Å². The minimum Gasteiger partial charge on any atom is -0.302 e. The van der Waals surface area contributed by atoms with Crippen molar-refractivity contribution in [3.05, 3.63) is 52.0 Å². The van der Waals surface area contributed by atoms with Gasteiger partial charge >= 0.3 is 0 Å². The first-order valence-electron chi connectivity index (χ1n) is 5.85. The molecule has 0 fully saturated rings. The maximum atomic E-state index is 12.9. The summed E-state index contributed by atoms with van der Waals surface area (Å²) in [4.78, 5) is 13.3. The summed E-state index contributed by atoms with van der Waals surface area (Å²) < 4.78 is 38.3. The monoisotopic (exact) mass is 310 g/mol. The molecule has 0 bridgehead atoms. The molecule has 0 atom stereocenters. The van der Waals surface area contributed by atoms with E-state index in [4.69, 9.17) is 5.26 Å². The van der Waals surface area contributed by atoms with Crippen molar-refractivity contribution >= 4 is 22.9 Å². The molecular weight excluding hydrogens is 301 g/mol. The summed E-state index contributed by atoms with van der Waals surface area (Å²) in [6.07, 6.45) is -2.73. The standard InChI is InChI=1S/C14H9F3N2OS/c15-10-1-3-11(4-2-10)19(7-13(16)17)14(20)12-5-9(6-18)8-21-12/h1-5,8,13H,7H2. The van der Waals surface area contributed by atoms with Crippen LogP contribution in [-0.2, 0) is 0 Å². The van der Waals surface area contributed by atoms with Gasteiger partial charge < -0.3 is 4.90 Å². The second-order valence-corrected chi connectivity index (χ2v) is 5.01. The van der Waals surface area contributed by atoms with Gasteiger partial charge in [0, 0.05) is 11.1 Å². The maximum absolute atomic E-state index is 12.9. The van der Waals surface area contributed by atoms with E-state index in [9.17, 15) is 18.0 Å². The topological polar surface area (TPSA) is 44.1 Å². The molecular formula is C14H9F3N2OS. The first kappa shape index (κ1) is 15.1. The number of nitriles is 1. The maximum Gasteiger partial charge on any atom is 0.268 e. The second kappa shape index (κ2) is 6.41. The molecule has 1 heterocycles. The number of rotatable bonds is 4. The zero-order chi connectivity index (χ0) is 15.4. The summed E-state index contributed by atoms with van der Waals surface area (Å²) in [7, 11) is 0. The third kappa shape index (κ3) is 3.61. The summed E-state index contributed by atoms with van der Waals surface area (Å²) >= 11 is 1.00. The Labute approximate surface area is 122 Å². The normalized spacial score (nSPS) is 10.4. The number of thiophene rings is 1. The molecule has 21 heavy (non-hydrogen) atoms. The Morgan fingerprint density at radius 3 is 2.52 bits per heavy atom. The van der Waals surface area contributed by atoms with E-state index in [1.807, 2.05) is 6.07 Å². The molecule has 0 spiro atoms. The van der Waals surface area contributed by atoms with Crippen LogP contribution in [0.3, 0.4) is 0 Å². The van der Waals surface area contributed by atoms with E-state index in [-0.39, 0.29) is 10.6 Å². The van der Waals surface area contributed by atoms with Gasteiger partial charge in [0.15, 0.2) is 0 Å². The zero-order valence-corrected chi connectivity index (χ0v) is 11.4. The van der Waals surface area contributed by atoms with Crippen LogP contribution in [0, 0.1) is 17.1 Å². The highest BCUT2D eigenvalue weighted by molar-refractivity contribution is 7.12. The number of benzene rings is 1.